The molecule has 0 saturated heterocycles. The van der Waals surface area contributed by atoms with Crippen LogP contribution in [0.3, 0.4) is 0 Å². The minimum absolute atomic E-state index is 0.356. The Labute approximate surface area is 143 Å². The van der Waals surface area contributed by atoms with E-state index < -0.39 is 0 Å². The minimum Gasteiger partial charge on any atom is -0.495 e. The van der Waals surface area contributed by atoms with E-state index in [9.17, 15) is 0 Å². The molecule has 0 radical (unpaired) electrons. The topological polar surface area (TPSA) is 18.5 Å². The quantitative estimate of drug-likeness (QED) is 0.598. The Morgan fingerprint density at radius 1 is 1.19 bits per heavy atom. The molecule has 2 aromatic rings. The molecule has 0 fully saturated rings. The summed E-state index contributed by atoms with van der Waals surface area (Å²) in [6, 6.07) is 11.3. The maximum absolute atomic E-state index is 6.59. The summed E-state index contributed by atoms with van der Waals surface area (Å²) in [5.41, 5.74) is 1.77. The van der Waals surface area contributed by atoms with E-state index >= 15 is 0 Å². The molecule has 1 atom stereocenters. The first-order valence-electron chi connectivity index (χ1n) is 6.46. The lowest BCUT2D eigenvalue weighted by atomic mass is 10.0. The molecule has 0 heterocycles. The summed E-state index contributed by atoms with van der Waals surface area (Å²) < 4.78 is 11.6. The largest absolute Gasteiger partial charge is 0.495 e. The number of methoxy groups -OCH3 is 1. The van der Waals surface area contributed by atoms with Crippen molar-refractivity contribution in [3.8, 4) is 11.5 Å². The molecule has 2 aromatic carbocycles. The minimum atomic E-state index is -0.356. The van der Waals surface area contributed by atoms with E-state index in [1.165, 1.54) is 0 Å². The summed E-state index contributed by atoms with van der Waals surface area (Å²) in [4.78, 5) is 0. The molecule has 0 saturated carbocycles. The smallest absolute Gasteiger partial charge is 0.138 e. The van der Waals surface area contributed by atoms with E-state index in [1.54, 1.807) is 13.2 Å². The Bertz CT molecular complexity index is 614. The van der Waals surface area contributed by atoms with Gasteiger partial charge in [0.2, 0.25) is 0 Å². The molecule has 5 heteroatoms. The summed E-state index contributed by atoms with van der Waals surface area (Å²) in [7, 11) is 1.61. The number of benzene rings is 2. The van der Waals surface area contributed by atoms with Crippen molar-refractivity contribution >= 4 is 39.1 Å². The van der Waals surface area contributed by atoms with E-state index in [0.717, 1.165) is 21.3 Å². The Balaban J connectivity index is 2.37. The second-order valence-electron chi connectivity index (χ2n) is 4.37. The van der Waals surface area contributed by atoms with Gasteiger partial charge in [0.05, 0.1) is 23.6 Å². The molecule has 0 amide bonds. The van der Waals surface area contributed by atoms with Crippen LogP contribution in [0.5, 0.6) is 11.5 Å². The predicted molar refractivity (Wildman–Crippen MR) is 91.0 cm³/mol. The van der Waals surface area contributed by atoms with E-state index in [-0.39, 0.29) is 5.38 Å². The van der Waals surface area contributed by atoms with Gasteiger partial charge in [0.1, 0.15) is 11.5 Å². The monoisotopic (exact) mass is 388 g/mol. The zero-order valence-corrected chi connectivity index (χ0v) is 14.8. The molecule has 0 aliphatic heterocycles. The van der Waals surface area contributed by atoms with Crippen molar-refractivity contribution in [1.82, 2.24) is 0 Å². The van der Waals surface area contributed by atoms with Crippen LogP contribution in [0.15, 0.2) is 40.9 Å². The molecule has 0 aliphatic rings. The summed E-state index contributed by atoms with van der Waals surface area (Å²) in [5.74, 6) is 1.51. The van der Waals surface area contributed by atoms with Crippen LogP contribution in [0.4, 0.5) is 0 Å². The van der Waals surface area contributed by atoms with Gasteiger partial charge in [-0.3, -0.25) is 0 Å². The van der Waals surface area contributed by atoms with Crippen LogP contribution in [0, 0.1) is 0 Å². The molecule has 0 spiro atoms. The standard InChI is InChI=1S/C16H15BrCl2O2/c1-3-21-12-6-4-10(5-7-12)15(19)13-8-11(18)9-14(17)16(13)20-2/h4-9,15H,3H2,1-2H3. The Hall–Kier alpha value is -0.900. The van der Waals surface area contributed by atoms with Crippen LogP contribution < -0.4 is 9.47 Å². The number of hydrogen-bond donors (Lipinski definition) is 0. The van der Waals surface area contributed by atoms with Crippen LogP contribution in [-0.2, 0) is 0 Å². The zero-order chi connectivity index (χ0) is 15.4. The maximum atomic E-state index is 6.59. The third kappa shape index (κ3) is 3.85. The Morgan fingerprint density at radius 3 is 2.43 bits per heavy atom. The molecule has 0 aliphatic carbocycles. The molecule has 0 bridgehead atoms. The van der Waals surface area contributed by atoms with Crippen molar-refractivity contribution in [3.05, 3.63) is 57.0 Å². The molecule has 1 unspecified atom stereocenters. The second kappa shape index (κ2) is 7.39. The van der Waals surface area contributed by atoms with Gasteiger partial charge in [-0.15, -0.1) is 11.6 Å². The fourth-order valence-electron chi connectivity index (χ4n) is 2.06. The summed E-state index contributed by atoms with van der Waals surface area (Å²) in [6.45, 7) is 2.59. The lowest BCUT2D eigenvalue weighted by molar-refractivity contribution is 0.340. The summed E-state index contributed by atoms with van der Waals surface area (Å²) >= 11 is 16.1. The number of rotatable bonds is 5. The van der Waals surface area contributed by atoms with Gasteiger partial charge >= 0.3 is 0 Å². The fourth-order valence-corrected chi connectivity index (χ4v) is 3.37. The molecular weight excluding hydrogens is 375 g/mol. The van der Waals surface area contributed by atoms with Crippen LogP contribution in [-0.4, -0.2) is 13.7 Å². The second-order valence-corrected chi connectivity index (χ2v) is 6.10. The molecule has 21 heavy (non-hydrogen) atoms. The average molecular weight is 390 g/mol. The highest BCUT2D eigenvalue weighted by Crippen LogP contribution is 2.41. The highest BCUT2D eigenvalue weighted by Gasteiger charge is 2.19. The number of hydrogen-bond acceptors (Lipinski definition) is 2. The first kappa shape index (κ1) is 16.5. The van der Waals surface area contributed by atoms with E-state index in [4.69, 9.17) is 32.7 Å². The predicted octanol–water partition coefficient (Wildman–Crippen LogP) is 5.84. The van der Waals surface area contributed by atoms with Gasteiger partial charge in [0.25, 0.3) is 0 Å². The molecule has 0 N–H and O–H groups in total. The highest BCUT2D eigenvalue weighted by atomic mass is 79.9. The van der Waals surface area contributed by atoms with Crippen molar-refractivity contribution in [2.45, 2.75) is 12.3 Å². The SMILES string of the molecule is CCOc1ccc(C(Cl)c2cc(Cl)cc(Br)c2OC)cc1. The van der Waals surface area contributed by atoms with Gasteiger partial charge in [-0.05, 0) is 52.7 Å². The third-order valence-corrected chi connectivity index (χ3v) is 4.29. The zero-order valence-electron chi connectivity index (χ0n) is 11.7. The normalized spacial score (nSPS) is 12.0. The van der Waals surface area contributed by atoms with E-state index in [1.807, 2.05) is 37.3 Å². The van der Waals surface area contributed by atoms with Crippen LogP contribution >= 0.6 is 39.1 Å². The summed E-state index contributed by atoms with van der Waals surface area (Å²) in [5, 5.41) is 0.250. The van der Waals surface area contributed by atoms with Crippen LogP contribution in [0.25, 0.3) is 0 Å². The Kier molecular flexibility index (Phi) is 5.80. The fraction of sp³-hybridized carbons (Fsp3) is 0.250. The van der Waals surface area contributed by atoms with Gasteiger partial charge < -0.3 is 9.47 Å². The van der Waals surface area contributed by atoms with Crippen molar-refractivity contribution in [3.63, 3.8) is 0 Å². The van der Waals surface area contributed by atoms with Crippen molar-refractivity contribution in [1.29, 1.82) is 0 Å². The molecule has 112 valence electrons. The number of ether oxygens (including phenoxy) is 2. The molecule has 2 rings (SSSR count). The summed E-state index contributed by atoms with van der Waals surface area (Å²) in [6.07, 6.45) is 0. The Morgan fingerprint density at radius 2 is 1.86 bits per heavy atom. The number of alkyl halides is 1. The van der Waals surface area contributed by atoms with Crippen LogP contribution in [0.2, 0.25) is 5.02 Å². The maximum Gasteiger partial charge on any atom is 0.138 e. The van der Waals surface area contributed by atoms with Crippen molar-refractivity contribution < 1.29 is 9.47 Å². The number of halogens is 3. The lowest BCUT2D eigenvalue weighted by Gasteiger charge is -2.16. The van der Waals surface area contributed by atoms with Gasteiger partial charge in [-0.2, -0.15) is 0 Å². The molecule has 0 aromatic heterocycles. The van der Waals surface area contributed by atoms with Gasteiger partial charge in [0.15, 0.2) is 0 Å². The van der Waals surface area contributed by atoms with E-state index in [0.29, 0.717) is 17.4 Å². The van der Waals surface area contributed by atoms with Crippen LogP contribution in [0.1, 0.15) is 23.4 Å². The first-order valence-corrected chi connectivity index (χ1v) is 8.07. The highest BCUT2D eigenvalue weighted by molar-refractivity contribution is 9.10. The van der Waals surface area contributed by atoms with Gasteiger partial charge in [0, 0.05) is 10.6 Å². The van der Waals surface area contributed by atoms with Gasteiger partial charge in [-0.1, -0.05) is 23.7 Å². The van der Waals surface area contributed by atoms with Crippen molar-refractivity contribution in [2.75, 3.05) is 13.7 Å². The lowest BCUT2D eigenvalue weighted by Crippen LogP contribution is -1.99. The third-order valence-electron chi connectivity index (χ3n) is 3.00. The van der Waals surface area contributed by atoms with Gasteiger partial charge in [-0.25, -0.2) is 0 Å². The average Bonchev–Trinajstić information content (AvgIpc) is 2.47. The van der Waals surface area contributed by atoms with Crippen molar-refractivity contribution in [2.24, 2.45) is 0 Å². The first-order chi connectivity index (χ1) is 10.1. The molecule has 2 nitrogen and oxygen atoms in total. The molecular formula is C16H15BrCl2O2. The van der Waals surface area contributed by atoms with E-state index in [2.05, 4.69) is 15.9 Å².